The first-order valence-corrected chi connectivity index (χ1v) is 8.83. The van der Waals surface area contributed by atoms with Crippen molar-refractivity contribution < 1.29 is 17.6 Å². The van der Waals surface area contributed by atoms with Crippen LogP contribution in [-0.2, 0) is 13.6 Å². The zero-order valence-corrected chi connectivity index (χ0v) is 14.7. The predicted octanol–water partition coefficient (Wildman–Crippen LogP) is 2.85. The summed E-state index contributed by atoms with van der Waals surface area (Å²) in [5.41, 5.74) is 1.03. The fraction of sp³-hybridized carbons (Fsp3) is 0.824. The number of rotatable bonds is 6. The average Bonchev–Trinajstić information content (AvgIpc) is 3.00. The van der Waals surface area contributed by atoms with Gasteiger partial charge in [0, 0.05) is 51.0 Å². The molecule has 0 unspecified atom stereocenters. The quantitative estimate of drug-likeness (QED) is 0.728. The number of aromatic nitrogens is 2. The normalized spacial score (nSPS) is 30.8. The summed E-state index contributed by atoms with van der Waals surface area (Å²) in [5.74, 6) is -1.49. The maximum Gasteiger partial charge on any atom is 0.392 e. The largest absolute Gasteiger partial charge is 0.392 e. The van der Waals surface area contributed by atoms with Gasteiger partial charge in [0.25, 0.3) is 0 Å². The van der Waals surface area contributed by atoms with Gasteiger partial charge in [-0.2, -0.15) is 18.3 Å². The zero-order valence-electron chi connectivity index (χ0n) is 14.7. The number of halogens is 4. The summed E-state index contributed by atoms with van der Waals surface area (Å²) < 4.78 is 54.3. The topological polar surface area (TPSA) is 24.3 Å². The molecule has 142 valence electrons. The van der Waals surface area contributed by atoms with E-state index in [-0.39, 0.29) is 18.4 Å². The number of aryl methyl sites for hydroxylation is 1. The summed E-state index contributed by atoms with van der Waals surface area (Å²) in [7, 11) is 3.69. The minimum absolute atomic E-state index is 0.0321. The fourth-order valence-corrected chi connectivity index (χ4v) is 4.15. The monoisotopic (exact) mass is 362 g/mol. The second-order valence-corrected chi connectivity index (χ2v) is 7.65. The molecule has 2 fully saturated rings. The van der Waals surface area contributed by atoms with Crippen LogP contribution in [0, 0.1) is 11.8 Å². The third kappa shape index (κ3) is 4.53. The minimum Gasteiger partial charge on any atom is -0.305 e. The molecule has 1 aromatic heterocycles. The third-order valence-corrected chi connectivity index (χ3v) is 5.53. The fourth-order valence-electron chi connectivity index (χ4n) is 4.15. The number of hydrogen-bond donors (Lipinski definition) is 0. The summed E-state index contributed by atoms with van der Waals surface area (Å²) in [6, 6.07) is 0.0321. The van der Waals surface area contributed by atoms with Crippen molar-refractivity contribution in [2.24, 2.45) is 18.9 Å². The van der Waals surface area contributed by atoms with Crippen molar-refractivity contribution >= 4 is 0 Å². The van der Waals surface area contributed by atoms with Gasteiger partial charge in [-0.05, 0) is 32.2 Å². The van der Waals surface area contributed by atoms with Crippen molar-refractivity contribution in [3.8, 4) is 0 Å². The van der Waals surface area contributed by atoms with Gasteiger partial charge in [-0.1, -0.05) is 0 Å². The van der Waals surface area contributed by atoms with Gasteiger partial charge in [0.1, 0.15) is 6.17 Å². The lowest BCUT2D eigenvalue weighted by molar-refractivity contribution is -0.214. The van der Waals surface area contributed by atoms with Gasteiger partial charge < -0.3 is 4.90 Å². The van der Waals surface area contributed by atoms with Gasteiger partial charge in [0.2, 0.25) is 0 Å². The molecule has 0 spiro atoms. The maximum absolute atomic E-state index is 13.9. The summed E-state index contributed by atoms with van der Waals surface area (Å²) in [6.07, 6.45) is 0.0335. The van der Waals surface area contributed by atoms with Gasteiger partial charge in [-0.25, -0.2) is 4.39 Å². The van der Waals surface area contributed by atoms with Crippen LogP contribution in [0.15, 0.2) is 12.4 Å². The van der Waals surface area contributed by atoms with Crippen LogP contribution in [0.2, 0.25) is 0 Å². The Labute approximate surface area is 145 Å². The maximum atomic E-state index is 13.9. The lowest BCUT2D eigenvalue weighted by atomic mass is 9.73. The van der Waals surface area contributed by atoms with Crippen LogP contribution in [0.3, 0.4) is 0 Å². The van der Waals surface area contributed by atoms with E-state index in [0.717, 1.165) is 5.56 Å². The summed E-state index contributed by atoms with van der Waals surface area (Å²) >= 11 is 0. The highest BCUT2D eigenvalue weighted by Gasteiger charge is 2.49. The van der Waals surface area contributed by atoms with Gasteiger partial charge in [-0.3, -0.25) is 9.58 Å². The first-order valence-electron chi connectivity index (χ1n) is 8.83. The van der Waals surface area contributed by atoms with Crippen LogP contribution in [0.5, 0.6) is 0 Å². The van der Waals surface area contributed by atoms with Gasteiger partial charge in [-0.15, -0.1) is 0 Å². The molecule has 2 aliphatic rings. The summed E-state index contributed by atoms with van der Waals surface area (Å²) in [5, 5.41) is 4.13. The standard InChI is InChI=1S/C17H26F4N4/c1-23(9-13-3-4-16(13)17(19,20)21)11-15-5-14(18)10-25(15)8-12-6-22-24(2)7-12/h6-7,13-16H,3-5,8-11H2,1-2H3/t13-,14-,15-,16+/m0/s1. The zero-order chi connectivity index (χ0) is 18.2. The second kappa shape index (κ2) is 7.23. The Morgan fingerprint density at radius 3 is 2.60 bits per heavy atom. The van der Waals surface area contributed by atoms with E-state index in [1.165, 1.54) is 0 Å². The molecular formula is C17H26F4N4. The highest BCUT2D eigenvalue weighted by atomic mass is 19.4. The molecule has 4 atom stereocenters. The number of nitrogens with zero attached hydrogens (tertiary/aromatic N) is 4. The molecule has 2 heterocycles. The molecule has 1 aliphatic carbocycles. The molecule has 8 heteroatoms. The number of hydrogen-bond acceptors (Lipinski definition) is 3. The van der Waals surface area contributed by atoms with Gasteiger partial charge in [0.05, 0.1) is 12.1 Å². The van der Waals surface area contributed by atoms with E-state index in [2.05, 4.69) is 10.00 Å². The molecule has 1 saturated heterocycles. The Kier molecular flexibility index (Phi) is 5.39. The van der Waals surface area contributed by atoms with Gasteiger partial charge in [0.15, 0.2) is 0 Å². The van der Waals surface area contributed by atoms with Crippen molar-refractivity contribution in [2.45, 2.75) is 44.2 Å². The minimum atomic E-state index is -4.09. The van der Waals surface area contributed by atoms with Crippen LogP contribution in [0.1, 0.15) is 24.8 Å². The van der Waals surface area contributed by atoms with Crippen molar-refractivity contribution in [1.82, 2.24) is 19.6 Å². The molecule has 0 aromatic carbocycles. The first-order chi connectivity index (χ1) is 11.7. The molecule has 1 saturated carbocycles. The molecule has 4 nitrogen and oxygen atoms in total. The molecule has 25 heavy (non-hydrogen) atoms. The molecule has 0 amide bonds. The van der Waals surface area contributed by atoms with Crippen molar-refractivity contribution in [1.29, 1.82) is 0 Å². The van der Waals surface area contributed by atoms with Crippen LogP contribution in [-0.4, -0.2) is 64.7 Å². The Hall–Kier alpha value is -1.15. The van der Waals surface area contributed by atoms with E-state index >= 15 is 0 Å². The van der Waals surface area contributed by atoms with Crippen molar-refractivity contribution in [3.63, 3.8) is 0 Å². The Bertz CT molecular complexity index is 573. The van der Waals surface area contributed by atoms with Gasteiger partial charge >= 0.3 is 6.18 Å². The average molecular weight is 362 g/mol. The number of alkyl halides is 4. The molecule has 0 radical (unpaired) electrons. The van der Waals surface area contributed by atoms with Crippen LogP contribution in [0.4, 0.5) is 17.6 Å². The predicted molar refractivity (Wildman–Crippen MR) is 86.7 cm³/mol. The Balaban J connectivity index is 1.53. The summed E-state index contributed by atoms with van der Waals surface area (Å²) in [6.45, 7) is 2.03. The van der Waals surface area contributed by atoms with E-state index < -0.39 is 18.3 Å². The Morgan fingerprint density at radius 2 is 2.04 bits per heavy atom. The number of likely N-dealkylation sites (N-methyl/N-ethyl adjacent to an activating group) is 1. The first kappa shape index (κ1) is 18.6. The SMILES string of the molecule is CN(C[C@@H]1CC[C@H]1C(F)(F)F)C[C@@H]1C[C@H](F)CN1Cc1cnn(C)c1. The van der Waals surface area contributed by atoms with E-state index in [1.807, 2.05) is 25.2 Å². The highest BCUT2D eigenvalue weighted by Crippen LogP contribution is 2.45. The van der Waals surface area contributed by atoms with E-state index in [9.17, 15) is 17.6 Å². The molecule has 1 aromatic rings. The highest BCUT2D eigenvalue weighted by molar-refractivity contribution is 5.05. The second-order valence-electron chi connectivity index (χ2n) is 7.65. The molecular weight excluding hydrogens is 336 g/mol. The molecule has 0 N–H and O–H groups in total. The lowest BCUT2D eigenvalue weighted by Crippen LogP contribution is -2.46. The smallest absolute Gasteiger partial charge is 0.305 e. The van der Waals surface area contributed by atoms with Crippen molar-refractivity contribution in [2.75, 3.05) is 26.7 Å². The molecule has 1 aliphatic heterocycles. The number of likely N-dealkylation sites (tertiary alicyclic amines) is 1. The molecule has 0 bridgehead atoms. The van der Waals surface area contributed by atoms with Crippen molar-refractivity contribution in [3.05, 3.63) is 18.0 Å². The van der Waals surface area contributed by atoms with E-state index in [4.69, 9.17) is 0 Å². The lowest BCUT2D eigenvalue weighted by Gasteiger charge is -2.40. The van der Waals surface area contributed by atoms with Crippen LogP contribution >= 0.6 is 0 Å². The molecule has 3 rings (SSSR count). The van der Waals surface area contributed by atoms with Crippen LogP contribution < -0.4 is 0 Å². The van der Waals surface area contributed by atoms with E-state index in [0.29, 0.717) is 39.0 Å². The third-order valence-electron chi connectivity index (χ3n) is 5.53. The Morgan fingerprint density at radius 1 is 1.28 bits per heavy atom. The summed E-state index contributed by atoms with van der Waals surface area (Å²) in [4.78, 5) is 4.03. The van der Waals surface area contributed by atoms with Crippen LogP contribution in [0.25, 0.3) is 0 Å². The van der Waals surface area contributed by atoms with E-state index in [1.54, 1.807) is 10.9 Å².